The molecule has 2 aromatic heterocycles. The van der Waals surface area contributed by atoms with Crippen molar-refractivity contribution in [2.45, 2.75) is 48.6 Å². The van der Waals surface area contributed by atoms with E-state index in [0.717, 1.165) is 16.5 Å². The van der Waals surface area contributed by atoms with Crippen LogP contribution in [-0.4, -0.2) is 19.7 Å². The second-order valence-electron chi connectivity index (χ2n) is 6.84. The van der Waals surface area contributed by atoms with Crippen LogP contribution in [0.3, 0.4) is 0 Å². The number of nitrogens with zero attached hydrogens (tertiary/aromatic N) is 4. The Morgan fingerprint density at radius 3 is 2.64 bits per heavy atom. The molecule has 5 heteroatoms. The molecule has 126 valence electrons. The molecule has 0 amide bonds. The average molecular weight is 348 g/mol. The second-order valence-corrected chi connectivity index (χ2v) is 8.01. The van der Waals surface area contributed by atoms with E-state index in [-0.39, 0.29) is 0 Å². The molecular weight excluding hydrogens is 328 g/mol. The molecule has 2 heterocycles. The normalized spacial score (nSPS) is 19.6. The fourth-order valence-electron chi connectivity index (χ4n) is 3.68. The average Bonchev–Trinajstić information content (AvgIpc) is 3.43. The SMILES string of the molecule is c1ccc2c(c1)CCC[C@H]2Sc1nnc(-c2ccncc2)n1C1CC1. The Hall–Kier alpha value is -2.14. The highest BCUT2D eigenvalue weighted by Crippen LogP contribution is 2.47. The predicted molar refractivity (Wildman–Crippen MR) is 99.5 cm³/mol. The van der Waals surface area contributed by atoms with E-state index in [1.807, 2.05) is 36.3 Å². The van der Waals surface area contributed by atoms with Gasteiger partial charge in [0.2, 0.25) is 0 Å². The molecule has 2 aliphatic carbocycles. The first-order chi connectivity index (χ1) is 12.4. The molecule has 0 bridgehead atoms. The lowest BCUT2D eigenvalue weighted by Crippen LogP contribution is -2.08. The Balaban J connectivity index is 1.51. The van der Waals surface area contributed by atoms with Gasteiger partial charge in [-0.25, -0.2) is 0 Å². The van der Waals surface area contributed by atoms with Crippen molar-refractivity contribution in [2.75, 3.05) is 0 Å². The van der Waals surface area contributed by atoms with Crippen LogP contribution < -0.4 is 0 Å². The van der Waals surface area contributed by atoms with Crippen molar-refractivity contribution in [3.05, 3.63) is 59.9 Å². The van der Waals surface area contributed by atoms with Gasteiger partial charge < -0.3 is 0 Å². The molecular formula is C20H20N4S. The Kier molecular flexibility index (Phi) is 3.82. The molecule has 0 aliphatic heterocycles. The van der Waals surface area contributed by atoms with E-state index in [1.165, 1.54) is 43.2 Å². The van der Waals surface area contributed by atoms with Crippen LogP contribution in [0, 0.1) is 0 Å². The smallest absolute Gasteiger partial charge is 0.192 e. The van der Waals surface area contributed by atoms with Crippen molar-refractivity contribution in [2.24, 2.45) is 0 Å². The van der Waals surface area contributed by atoms with Gasteiger partial charge in [-0.2, -0.15) is 0 Å². The molecule has 4 nitrogen and oxygen atoms in total. The summed E-state index contributed by atoms with van der Waals surface area (Å²) in [5.74, 6) is 0.983. The zero-order valence-electron chi connectivity index (χ0n) is 14.0. The molecule has 5 rings (SSSR count). The Morgan fingerprint density at radius 1 is 0.960 bits per heavy atom. The summed E-state index contributed by atoms with van der Waals surface area (Å²) in [7, 11) is 0. The van der Waals surface area contributed by atoms with Crippen LogP contribution in [0.5, 0.6) is 0 Å². The van der Waals surface area contributed by atoms with Crippen molar-refractivity contribution < 1.29 is 0 Å². The summed E-state index contributed by atoms with van der Waals surface area (Å²) in [6.45, 7) is 0. The lowest BCUT2D eigenvalue weighted by molar-refractivity contribution is 0.649. The molecule has 0 N–H and O–H groups in total. The summed E-state index contributed by atoms with van der Waals surface area (Å²) in [5, 5.41) is 10.7. The molecule has 1 fully saturated rings. The van der Waals surface area contributed by atoms with Gasteiger partial charge in [-0.3, -0.25) is 9.55 Å². The van der Waals surface area contributed by atoms with Gasteiger partial charge in [0, 0.05) is 29.2 Å². The molecule has 25 heavy (non-hydrogen) atoms. The van der Waals surface area contributed by atoms with Gasteiger partial charge in [0.1, 0.15) is 0 Å². The van der Waals surface area contributed by atoms with E-state index in [0.29, 0.717) is 11.3 Å². The van der Waals surface area contributed by atoms with Gasteiger partial charge in [-0.05, 0) is 55.4 Å². The molecule has 0 unspecified atom stereocenters. The van der Waals surface area contributed by atoms with Crippen LogP contribution >= 0.6 is 11.8 Å². The number of aromatic nitrogens is 4. The quantitative estimate of drug-likeness (QED) is 0.676. The van der Waals surface area contributed by atoms with Crippen LogP contribution in [0.1, 0.15) is 48.1 Å². The van der Waals surface area contributed by atoms with Gasteiger partial charge in [0.25, 0.3) is 0 Å². The van der Waals surface area contributed by atoms with Crippen LogP contribution in [0.15, 0.2) is 53.9 Å². The van der Waals surface area contributed by atoms with Crippen LogP contribution in [0.4, 0.5) is 0 Å². The predicted octanol–water partition coefficient (Wildman–Crippen LogP) is 4.84. The highest BCUT2D eigenvalue weighted by molar-refractivity contribution is 7.99. The van der Waals surface area contributed by atoms with Crippen LogP contribution in [0.25, 0.3) is 11.4 Å². The minimum atomic E-state index is 0.483. The van der Waals surface area contributed by atoms with E-state index < -0.39 is 0 Å². The third-order valence-electron chi connectivity index (χ3n) is 5.08. The second kappa shape index (κ2) is 6.30. The number of aryl methyl sites for hydroxylation is 1. The number of benzene rings is 1. The maximum absolute atomic E-state index is 4.58. The van der Waals surface area contributed by atoms with Gasteiger partial charge in [-0.1, -0.05) is 36.0 Å². The van der Waals surface area contributed by atoms with E-state index >= 15 is 0 Å². The van der Waals surface area contributed by atoms with E-state index in [4.69, 9.17) is 0 Å². The summed E-state index contributed by atoms with van der Waals surface area (Å²) in [6, 6.07) is 13.5. The van der Waals surface area contributed by atoms with Gasteiger partial charge >= 0.3 is 0 Å². The summed E-state index contributed by atoms with van der Waals surface area (Å²) in [5.41, 5.74) is 4.08. The Morgan fingerprint density at radius 2 is 1.80 bits per heavy atom. The van der Waals surface area contributed by atoms with Crippen molar-refractivity contribution >= 4 is 11.8 Å². The zero-order chi connectivity index (χ0) is 16.6. The maximum atomic E-state index is 4.58. The number of rotatable bonds is 4. The standard InChI is InChI=1S/C20H20N4S/c1-2-6-17-14(4-1)5-3-7-18(17)25-20-23-22-19(24(20)16-8-9-16)15-10-12-21-13-11-15/h1-2,4,6,10-13,16,18H,3,5,7-9H2/t18-/m1/s1. The van der Waals surface area contributed by atoms with Gasteiger partial charge in [0.05, 0.1) is 0 Å². The topological polar surface area (TPSA) is 43.6 Å². The van der Waals surface area contributed by atoms with Gasteiger partial charge in [-0.15, -0.1) is 10.2 Å². The lowest BCUT2D eigenvalue weighted by Gasteiger charge is -2.24. The third-order valence-corrected chi connectivity index (χ3v) is 6.34. The summed E-state index contributed by atoms with van der Waals surface area (Å²) >= 11 is 1.89. The molecule has 0 spiro atoms. The number of hydrogen-bond donors (Lipinski definition) is 0. The largest absolute Gasteiger partial charge is 0.299 e. The zero-order valence-corrected chi connectivity index (χ0v) is 14.8. The minimum absolute atomic E-state index is 0.483. The maximum Gasteiger partial charge on any atom is 0.192 e. The fraction of sp³-hybridized carbons (Fsp3) is 0.350. The molecule has 0 saturated heterocycles. The molecule has 1 atom stereocenters. The van der Waals surface area contributed by atoms with Crippen LogP contribution in [-0.2, 0) is 6.42 Å². The number of fused-ring (bicyclic) bond motifs is 1. The fourth-order valence-corrected chi connectivity index (χ4v) is 5.01. The lowest BCUT2D eigenvalue weighted by atomic mass is 9.91. The van der Waals surface area contributed by atoms with Crippen molar-refractivity contribution in [1.82, 2.24) is 19.7 Å². The first kappa shape index (κ1) is 15.1. The summed E-state index contributed by atoms with van der Waals surface area (Å²) in [6.07, 6.45) is 9.77. The first-order valence-corrected chi connectivity index (χ1v) is 9.88. The first-order valence-electron chi connectivity index (χ1n) is 9.00. The number of pyridine rings is 1. The molecule has 1 aromatic carbocycles. The van der Waals surface area contributed by atoms with E-state index in [9.17, 15) is 0 Å². The van der Waals surface area contributed by atoms with Crippen molar-refractivity contribution in [1.29, 1.82) is 0 Å². The summed E-state index contributed by atoms with van der Waals surface area (Å²) in [4.78, 5) is 4.12. The van der Waals surface area contributed by atoms with E-state index in [1.54, 1.807) is 0 Å². The molecule has 0 radical (unpaired) electrons. The van der Waals surface area contributed by atoms with Crippen LogP contribution in [0.2, 0.25) is 0 Å². The van der Waals surface area contributed by atoms with Crippen molar-refractivity contribution in [3.63, 3.8) is 0 Å². The summed E-state index contributed by atoms with van der Waals surface area (Å²) < 4.78 is 2.36. The number of thioether (sulfide) groups is 1. The third kappa shape index (κ3) is 2.86. The van der Waals surface area contributed by atoms with Gasteiger partial charge in [0.15, 0.2) is 11.0 Å². The monoisotopic (exact) mass is 348 g/mol. The molecule has 3 aromatic rings. The molecule has 2 aliphatic rings. The Labute approximate surface area is 151 Å². The Bertz CT molecular complexity index is 886. The number of hydrogen-bond acceptors (Lipinski definition) is 4. The minimum Gasteiger partial charge on any atom is -0.299 e. The molecule has 1 saturated carbocycles. The van der Waals surface area contributed by atoms with E-state index in [2.05, 4.69) is 44.0 Å². The van der Waals surface area contributed by atoms with Crippen molar-refractivity contribution in [3.8, 4) is 11.4 Å². The highest BCUT2D eigenvalue weighted by Gasteiger charge is 2.32. The highest BCUT2D eigenvalue weighted by atomic mass is 32.2.